The van der Waals surface area contributed by atoms with Crippen LogP contribution in [0.1, 0.15) is 105 Å². The molecule has 8 bridgehead atoms. The van der Waals surface area contributed by atoms with E-state index in [0.717, 1.165) is 55.1 Å². The van der Waals surface area contributed by atoms with E-state index in [0.29, 0.717) is 34.6 Å². The third-order valence-electron chi connectivity index (χ3n) is 11.0. The SMILES string of the molecule is CC(C)(C)c1c(C(C)(C)C)c(C(C)(C)C)c2c3nc4nc(nc5[nH]c(nc6nc(nc([nH]3)c2c1C(C)(C)C)-c1ccccc1-6)c1ccccc51)-c1ccccc1-4.[Fe]. The average Bonchev–Trinajstić information content (AvgIpc) is 3.84. The first kappa shape index (κ1) is 38.6. The molecular weight excluding hydrogens is 744 g/mol. The molecule has 0 saturated heterocycles. The van der Waals surface area contributed by atoms with Gasteiger partial charge in [0.1, 0.15) is 22.6 Å². The Kier molecular flexibility index (Phi) is 8.73. The van der Waals surface area contributed by atoms with E-state index in [9.17, 15) is 0 Å². The van der Waals surface area contributed by atoms with E-state index in [1.807, 2.05) is 36.4 Å². The van der Waals surface area contributed by atoms with Gasteiger partial charge in [0, 0.05) is 60.9 Å². The Balaban J connectivity index is 0.00000455. The summed E-state index contributed by atoms with van der Waals surface area (Å²) in [6, 6.07) is 24.6. The second-order valence-corrected chi connectivity index (χ2v) is 19.5. The summed E-state index contributed by atoms with van der Waals surface area (Å²) in [5.74, 6) is 2.41. The fourth-order valence-corrected chi connectivity index (χ4v) is 8.90. The fourth-order valence-electron chi connectivity index (χ4n) is 8.90. The van der Waals surface area contributed by atoms with E-state index >= 15 is 0 Å². The summed E-state index contributed by atoms with van der Waals surface area (Å²) in [7, 11) is 0. The molecule has 0 amide bonds. The van der Waals surface area contributed by atoms with Crippen LogP contribution in [0.3, 0.4) is 0 Å². The molecule has 5 heterocycles. The summed E-state index contributed by atoms with van der Waals surface area (Å²) < 4.78 is 0. The number of nitrogens with zero attached hydrogens (tertiary/aromatic N) is 6. The Morgan fingerprint density at radius 1 is 0.333 bits per heavy atom. The van der Waals surface area contributed by atoms with Gasteiger partial charge < -0.3 is 9.97 Å². The molecule has 9 rings (SSSR count). The van der Waals surface area contributed by atoms with Crippen molar-refractivity contribution in [3.63, 3.8) is 0 Å². The smallest absolute Gasteiger partial charge is 0.164 e. The van der Waals surface area contributed by atoms with Gasteiger partial charge in [-0.1, -0.05) is 156 Å². The third-order valence-corrected chi connectivity index (χ3v) is 11.0. The molecule has 0 radical (unpaired) electrons. The molecule has 0 fully saturated rings. The molecular formula is C48H50FeN8. The van der Waals surface area contributed by atoms with Crippen LogP contribution in [0, 0.1) is 0 Å². The first-order valence-electron chi connectivity index (χ1n) is 19.7. The minimum Gasteiger partial charge on any atom is -0.324 e. The zero-order valence-electron chi connectivity index (χ0n) is 35.0. The van der Waals surface area contributed by atoms with E-state index < -0.39 is 0 Å². The first-order chi connectivity index (χ1) is 26.3. The maximum Gasteiger partial charge on any atom is 0.164 e. The molecule has 290 valence electrons. The van der Waals surface area contributed by atoms with Crippen LogP contribution in [0.2, 0.25) is 0 Å². The number of aromatic nitrogens is 8. The number of hydrogen-bond acceptors (Lipinski definition) is 6. The molecule has 0 unspecified atom stereocenters. The molecule has 2 aliphatic rings. The van der Waals surface area contributed by atoms with Gasteiger partial charge in [-0.25, -0.2) is 29.9 Å². The maximum absolute atomic E-state index is 5.53. The molecule has 2 aliphatic heterocycles. The molecule has 8 nitrogen and oxygen atoms in total. The third kappa shape index (κ3) is 6.18. The van der Waals surface area contributed by atoms with Crippen molar-refractivity contribution in [2.45, 2.75) is 105 Å². The van der Waals surface area contributed by atoms with Crippen molar-refractivity contribution < 1.29 is 17.1 Å². The van der Waals surface area contributed by atoms with Crippen molar-refractivity contribution in [1.29, 1.82) is 0 Å². The summed E-state index contributed by atoms with van der Waals surface area (Å²) in [5.41, 5.74) is 10.9. The Morgan fingerprint density at radius 2 is 0.596 bits per heavy atom. The Hall–Kier alpha value is -5.24. The first-order valence-corrected chi connectivity index (χ1v) is 19.7. The van der Waals surface area contributed by atoms with E-state index in [-0.39, 0.29) is 38.7 Å². The van der Waals surface area contributed by atoms with Crippen molar-refractivity contribution in [1.82, 2.24) is 39.9 Å². The van der Waals surface area contributed by atoms with Gasteiger partial charge in [0.2, 0.25) is 0 Å². The van der Waals surface area contributed by atoms with Crippen molar-refractivity contribution in [2.24, 2.45) is 0 Å². The van der Waals surface area contributed by atoms with Crippen LogP contribution in [0.5, 0.6) is 0 Å². The molecule has 9 heteroatoms. The molecule has 2 N–H and O–H groups in total. The van der Waals surface area contributed by atoms with Gasteiger partial charge in [0.05, 0.1) is 0 Å². The molecule has 0 saturated carbocycles. The summed E-state index contributed by atoms with van der Waals surface area (Å²) in [6.07, 6.45) is 0. The predicted molar refractivity (Wildman–Crippen MR) is 231 cm³/mol. The van der Waals surface area contributed by atoms with Crippen molar-refractivity contribution in [3.05, 3.63) is 95.1 Å². The quantitative estimate of drug-likeness (QED) is 0.148. The normalized spacial score (nSPS) is 13.1. The van der Waals surface area contributed by atoms with Crippen LogP contribution in [0.25, 0.3) is 89.7 Å². The van der Waals surface area contributed by atoms with Crippen LogP contribution in [-0.4, -0.2) is 39.9 Å². The minimum absolute atomic E-state index is 0. The fraction of sp³-hybridized carbons (Fsp3) is 0.333. The number of rotatable bonds is 0. The Morgan fingerprint density at radius 3 is 0.895 bits per heavy atom. The zero-order valence-corrected chi connectivity index (χ0v) is 36.1. The number of nitrogens with one attached hydrogen (secondary N) is 2. The topological polar surface area (TPSA) is 109 Å². The standard InChI is InChI=1S/C48H50N8.Fe/c1-45(2,3)33-31-32(34(46(4,5)6)36(48(10,11)12)35(33)47(7,8)9)44-55-42-30-24-18-16-22-28(30)40(53-42)51-38-26-20-14-13-19-25(26)37(49-38)50-39-27-21-15-17-23-29(27)41(52-39)54-43(31)56-44;/h13-24H,1-12H3,(H2,49,50,51,52,53,54,55,56);. The monoisotopic (exact) mass is 794 g/mol. The van der Waals surface area contributed by atoms with Gasteiger partial charge in [0.15, 0.2) is 23.3 Å². The summed E-state index contributed by atoms with van der Waals surface area (Å²) in [6.45, 7) is 28.0. The van der Waals surface area contributed by atoms with Gasteiger partial charge in [-0.3, -0.25) is 0 Å². The van der Waals surface area contributed by atoms with Gasteiger partial charge in [-0.2, -0.15) is 0 Å². The molecule has 0 spiro atoms. The van der Waals surface area contributed by atoms with Crippen LogP contribution in [0.4, 0.5) is 0 Å². The number of fused-ring (bicyclic) bond motifs is 20. The van der Waals surface area contributed by atoms with E-state index in [4.69, 9.17) is 29.9 Å². The van der Waals surface area contributed by atoms with Crippen molar-refractivity contribution in [2.75, 3.05) is 0 Å². The average molecular weight is 795 g/mol. The number of aromatic amines is 2. The molecule has 4 aromatic carbocycles. The Labute approximate surface area is 345 Å². The van der Waals surface area contributed by atoms with Crippen LogP contribution in [-0.2, 0) is 38.7 Å². The number of benzene rings is 4. The number of H-pyrrole nitrogens is 2. The van der Waals surface area contributed by atoms with Gasteiger partial charge in [-0.15, -0.1) is 0 Å². The summed E-state index contributed by atoms with van der Waals surface area (Å²) >= 11 is 0. The van der Waals surface area contributed by atoms with Gasteiger partial charge in [0.25, 0.3) is 0 Å². The molecule has 57 heavy (non-hydrogen) atoms. The second-order valence-electron chi connectivity index (χ2n) is 19.5. The van der Waals surface area contributed by atoms with Crippen LogP contribution >= 0.6 is 0 Å². The van der Waals surface area contributed by atoms with Gasteiger partial charge >= 0.3 is 0 Å². The molecule has 0 atom stereocenters. The van der Waals surface area contributed by atoms with Gasteiger partial charge in [-0.05, 0) is 43.9 Å². The largest absolute Gasteiger partial charge is 0.324 e. The molecule has 0 aliphatic carbocycles. The zero-order chi connectivity index (χ0) is 39.7. The van der Waals surface area contributed by atoms with Crippen molar-refractivity contribution in [3.8, 4) is 45.6 Å². The van der Waals surface area contributed by atoms with Crippen LogP contribution in [0.15, 0.2) is 72.8 Å². The Bertz CT molecular complexity index is 2760. The predicted octanol–water partition coefficient (Wildman–Crippen LogP) is 12.1. The maximum atomic E-state index is 5.53. The van der Waals surface area contributed by atoms with Crippen molar-refractivity contribution >= 4 is 44.1 Å². The number of hydrogen-bond donors (Lipinski definition) is 2. The summed E-state index contributed by atoms with van der Waals surface area (Å²) in [4.78, 5) is 39.2. The van der Waals surface area contributed by atoms with E-state index in [1.54, 1.807) is 0 Å². The molecule has 7 aromatic rings. The summed E-state index contributed by atoms with van der Waals surface area (Å²) in [5, 5.41) is 4.06. The van der Waals surface area contributed by atoms with Crippen LogP contribution < -0.4 is 0 Å². The van der Waals surface area contributed by atoms with E-state index in [1.165, 1.54) is 22.3 Å². The minimum atomic E-state index is -0.259. The molecule has 3 aromatic heterocycles. The van der Waals surface area contributed by atoms with E-state index in [2.05, 4.69) is 129 Å². The second kappa shape index (κ2) is 12.9.